The van der Waals surface area contributed by atoms with Gasteiger partial charge in [0.25, 0.3) is 0 Å². The first kappa shape index (κ1) is 31.7. The predicted octanol–water partition coefficient (Wildman–Crippen LogP) is 4.90. The van der Waals surface area contributed by atoms with E-state index in [1.807, 2.05) is 0 Å². The summed E-state index contributed by atoms with van der Waals surface area (Å²) in [4.78, 5) is 39.9. The molecule has 0 bridgehead atoms. The number of esters is 3. The zero-order chi connectivity index (χ0) is 32.6. The highest BCUT2D eigenvalue weighted by atomic mass is 16.9. The van der Waals surface area contributed by atoms with Gasteiger partial charge in [0.15, 0.2) is 24.6 Å². The third-order valence-electron chi connectivity index (χ3n) is 7.52. The van der Waals surface area contributed by atoms with Gasteiger partial charge in [-0.05, 0) is 36.4 Å². The highest BCUT2D eigenvalue weighted by Crippen LogP contribution is 2.45. The van der Waals surface area contributed by atoms with Crippen LogP contribution in [0.5, 0.6) is 0 Å². The lowest BCUT2D eigenvalue weighted by molar-refractivity contribution is -0.362. The van der Waals surface area contributed by atoms with Gasteiger partial charge in [-0.3, -0.25) is 4.74 Å². The van der Waals surface area contributed by atoms with E-state index in [0.29, 0.717) is 11.1 Å². The highest BCUT2D eigenvalue weighted by molar-refractivity contribution is 5.91. The first-order valence-corrected chi connectivity index (χ1v) is 14.9. The Morgan fingerprint density at radius 3 is 1.68 bits per heavy atom. The number of benzene rings is 4. The molecule has 2 heterocycles. The van der Waals surface area contributed by atoms with Crippen molar-refractivity contribution in [3.05, 3.63) is 144 Å². The maximum atomic E-state index is 13.5. The minimum absolute atomic E-state index is 0.201. The second kappa shape index (κ2) is 14.4. The summed E-state index contributed by atoms with van der Waals surface area (Å²) < 4.78 is 42.6. The van der Waals surface area contributed by atoms with Crippen molar-refractivity contribution in [2.24, 2.45) is 0 Å². The fraction of sp³-hybridized carbons (Fsp3) is 0.216. The predicted molar refractivity (Wildman–Crippen MR) is 166 cm³/mol. The summed E-state index contributed by atoms with van der Waals surface area (Å²) in [5, 5.41) is 0. The molecule has 0 aromatic heterocycles. The molecule has 10 heteroatoms. The summed E-state index contributed by atoms with van der Waals surface area (Å²) in [5.41, 5.74) is 1.23. The van der Waals surface area contributed by atoms with Crippen LogP contribution in [0.3, 0.4) is 0 Å². The molecule has 6 rings (SSSR count). The van der Waals surface area contributed by atoms with E-state index in [1.54, 1.807) is 121 Å². The van der Waals surface area contributed by atoms with E-state index in [9.17, 15) is 14.4 Å². The van der Waals surface area contributed by atoms with E-state index in [-0.39, 0.29) is 17.7 Å². The monoisotopic (exact) mass is 634 g/mol. The summed E-state index contributed by atoms with van der Waals surface area (Å²) in [7, 11) is 0. The molecule has 0 spiro atoms. The van der Waals surface area contributed by atoms with Crippen LogP contribution in [-0.4, -0.2) is 61.8 Å². The van der Waals surface area contributed by atoms with Crippen LogP contribution >= 0.6 is 0 Å². The van der Waals surface area contributed by atoms with Crippen molar-refractivity contribution in [2.45, 2.75) is 36.7 Å². The molecule has 2 aliphatic heterocycles. The normalized spacial score (nSPS) is 24.7. The lowest BCUT2D eigenvalue weighted by Crippen LogP contribution is -2.60. The van der Waals surface area contributed by atoms with Crippen molar-refractivity contribution < 1.29 is 47.5 Å². The molecule has 0 aliphatic carbocycles. The van der Waals surface area contributed by atoms with E-state index in [4.69, 9.17) is 39.6 Å². The largest absolute Gasteiger partial charge is 0.459 e. The van der Waals surface area contributed by atoms with Gasteiger partial charge in [0, 0.05) is 5.56 Å². The van der Waals surface area contributed by atoms with E-state index >= 15 is 0 Å². The average molecular weight is 635 g/mol. The molecule has 2 aliphatic rings. The summed E-state index contributed by atoms with van der Waals surface area (Å²) in [6.07, 6.45) is -0.730. The smallest absolute Gasteiger partial charge is 0.338 e. The van der Waals surface area contributed by atoms with Gasteiger partial charge in [0.05, 0.1) is 16.7 Å². The zero-order valence-corrected chi connectivity index (χ0v) is 25.0. The van der Waals surface area contributed by atoms with Crippen molar-refractivity contribution in [2.75, 3.05) is 13.2 Å². The molecule has 2 fully saturated rings. The number of terminal acetylenes is 1. The Balaban J connectivity index is 1.38. The zero-order valence-electron chi connectivity index (χ0n) is 25.0. The molecule has 4 aromatic rings. The second-order valence-corrected chi connectivity index (χ2v) is 10.6. The van der Waals surface area contributed by atoms with Gasteiger partial charge in [-0.25, -0.2) is 14.4 Å². The number of hydrogen-bond acceptors (Lipinski definition) is 10. The number of rotatable bonds is 10. The first-order valence-electron chi connectivity index (χ1n) is 14.9. The SMILES string of the molecule is C#CCOC1(c2ccccc2)O[C@@H]2O[C@H](COC(=O)c3ccccc3)[C@@H](OC(=O)c3ccccc3)[C@H](OC(=O)c3ccccc3)[C@@H]2O1. The van der Waals surface area contributed by atoms with Gasteiger partial charge in [0.1, 0.15) is 19.3 Å². The molecule has 0 amide bonds. The molecule has 0 radical (unpaired) electrons. The first-order chi connectivity index (χ1) is 23.0. The van der Waals surface area contributed by atoms with Crippen LogP contribution < -0.4 is 0 Å². The Labute approximate surface area is 271 Å². The number of carbonyl (C=O) groups is 3. The summed E-state index contributed by atoms with van der Waals surface area (Å²) in [5.74, 6) is -1.55. The fourth-order valence-corrected chi connectivity index (χ4v) is 5.28. The van der Waals surface area contributed by atoms with Crippen LogP contribution in [0.25, 0.3) is 0 Å². The Kier molecular flexibility index (Phi) is 9.71. The van der Waals surface area contributed by atoms with Crippen molar-refractivity contribution >= 4 is 17.9 Å². The van der Waals surface area contributed by atoms with Crippen LogP contribution in [0.1, 0.15) is 36.6 Å². The molecule has 47 heavy (non-hydrogen) atoms. The Morgan fingerprint density at radius 2 is 1.15 bits per heavy atom. The van der Waals surface area contributed by atoms with Crippen LogP contribution in [0.15, 0.2) is 121 Å². The van der Waals surface area contributed by atoms with E-state index in [2.05, 4.69) is 5.92 Å². The summed E-state index contributed by atoms with van der Waals surface area (Å²) >= 11 is 0. The molecular formula is C37H30O10. The number of ether oxygens (including phenoxy) is 7. The number of fused-ring (bicyclic) bond motifs is 1. The van der Waals surface area contributed by atoms with Gasteiger partial charge in [-0.1, -0.05) is 90.8 Å². The molecule has 0 N–H and O–H groups in total. The topological polar surface area (TPSA) is 116 Å². The molecule has 6 atom stereocenters. The number of hydrogen-bond donors (Lipinski definition) is 0. The molecule has 238 valence electrons. The molecule has 1 unspecified atom stereocenters. The highest BCUT2D eigenvalue weighted by Gasteiger charge is 2.62. The van der Waals surface area contributed by atoms with Gasteiger partial charge < -0.3 is 28.4 Å². The minimum Gasteiger partial charge on any atom is -0.459 e. The lowest BCUT2D eigenvalue weighted by atomic mass is 9.98. The summed E-state index contributed by atoms with van der Waals surface area (Å²) in [6, 6.07) is 33.7. The fourth-order valence-electron chi connectivity index (χ4n) is 5.28. The van der Waals surface area contributed by atoms with Crippen molar-refractivity contribution in [1.82, 2.24) is 0 Å². The Hall–Kier alpha value is -5.31. The summed E-state index contributed by atoms with van der Waals surface area (Å²) in [6.45, 7) is -0.594. The van der Waals surface area contributed by atoms with Crippen LogP contribution in [0.2, 0.25) is 0 Å². The lowest BCUT2D eigenvalue weighted by Gasteiger charge is -2.41. The Bertz CT molecular complexity index is 1710. The molecule has 0 saturated carbocycles. The van der Waals surface area contributed by atoms with Crippen molar-refractivity contribution in [3.8, 4) is 12.3 Å². The van der Waals surface area contributed by atoms with Gasteiger partial charge >= 0.3 is 23.9 Å². The average Bonchev–Trinajstić information content (AvgIpc) is 3.51. The van der Waals surface area contributed by atoms with Crippen LogP contribution in [0, 0.1) is 12.3 Å². The van der Waals surface area contributed by atoms with Crippen molar-refractivity contribution in [3.63, 3.8) is 0 Å². The third kappa shape index (κ3) is 7.09. The van der Waals surface area contributed by atoms with E-state index in [1.165, 1.54) is 0 Å². The van der Waals surface area contributed by atoms with Gasteiger partial charge in [-0.2, -0.15) is 0 Å². The van der Waals surface area contributed by atoms with Crippen LogP contribution in [0.4, 0.5) is 0 Å². The van der Waals surface area contributed by atoms with Gasteiger partial charge in [0.2, 0.25) is 0 Å². The number of carbonyl (C=O) groups excluding carboxylic acids is 3. The quantitative estimate of drug-likeness (QED) is 0.136. The van der Waals surface area contributed by atoms with Crippen molar-refractivity contribution in [1.29, 1.82) is 0 Å². The molecule has 2 saturated heterocycles. The molecular weight excluding hydrogens is 604 g/mol. The maximum absolute atomic E-state index is 13.5. The van der Waals surface area contributed by atoms with Gasteiger partial charge in [-0.15, -0.1) is 6.42 Å². The standard InChI is InChI=1S/C37H30O10/c1-2-23-42-37(28-21-13-6-14-22-28)46-32-31(45-35(40)27-19-11-5-12-20-27)30(44-34(39)26-17-9-4-10-18-26)29(43-36(32)47-37)24-41-33(38)25-15-7-3-8-16-25/h1,3-22,29-32,36H,23-24H2/t29-,30-,31+,32+,36+,37?/m1/s1. The van der Waals surface area contributed by atoms with Crippen LogP contribution in [-0.2, 0) is 39.1 Å². The Morgan fingerprint density at radius 1 is 0.660 bits per heavy atom. The maximum Gasteiger partial charge on any atom is 0.338 e. The molecule has 4 aromatic carbocycles. The van der Waals surface area contributed by atoms with E-state index in [0.717, 1.165) is 0 Å². The van der Waals surface area contributed by atoms with E-state index < -0.39 is 61.2 Å². The third-order valence-corrected chi connectivity index (χ3v) is 7.52. The minimum atomic E-state index is -1.87. The molecule has 10 nitrogen and oxygen atoms in total. The second-order valence-electron chi connectivity index (χ2n) is 10.6.